The lowest BCUT2D eigenvalue weighted by molar-refractivity contribution is 0.0697. The van der Waals surface area contributed by atoms with Crippen LogP contribution in [0.1, 0.15) is 21.5 Å². The first-order valence-electron chi connectivity index (χ1n) is 3.62. The van der Waals surface area contributed by atoms with Gasteiger partial charge in [-0.1, -0.05) is 0 Å². The first kappa shape index (κ1) is 8.59. The molecule has 1 rings (SSSR count). The molecule has 0 heterocycles. The van der Waals surface area contributed by atoms with Crippen LogP contribution in [0.15, 0.2) is 12.1 Å². The van der Waals surface area contributed by atoms with Gasteiger partial charge in [-0.2, -0.15) is 0 Å². The summed E-state index contributed by atoms with van der Waals surface area (Å²) < 4.78 is 0. The molecule has 64 valence electrons. The van der Waals surface area contributed by atoms with Gasteiger partial charge in [-0.15, -0.1) is 0 Å². The van der Waals surface area contributed by atoms with Gasteiger partial charge >= 0.3 is 5.97 Å². The van der Waals surface area contributed by atoms with E-state index in [9.17, 15) is 4.79 Å². The maximum Gasteiger partial charge on any atom is 0.335 e. The monoisotopic (exact) mass is 165 g/mol. The SMILES string of the molecule is Cc1cc(C(=O)O)cc(N)c1C. The van der Waals surface area contributed by atoms with Crippen molar-refractivity contribution in [2.45, 2.75) is 13.8 Å². The molecule has 0 atom stereocenters. The molecule has 1 aromatic rings. The maximum absolute atomic E-state index is 10.6. The van der Waals surface area contributed by atoms with Crippen LogP contribution in [0.4, 0.5) is 5.69 Å². The molecule has 3 N–H and O–H groups in total. The summed E-state index contributed by atoms with van der Waals surface area (Å²) in [4.78, 5) is 10.6. The zero-order valence-electron chi connectivity index (χ0n) is 7.09. The molecule has 12 heavy (non-hydrogen) atoms. The number of hydrogen-bond acceptors (Lipinski definition) is 2. The topological polar surface area (TPSA) is 63.3 Å². The second kappa shape index (κ2) is 2.85. The fourth-order valence-electron chi connectivity index (χ4n) is 1.01. The molecule has 0 amide bonds. The standard InChI is InChI=1S/C9H11NO2/c1-5-3-7(9(11)12)4-8(10)6(5)2/h3-4H,10H2,1-2H3,(H,11,12). The fraction of sp³-hybridized carbons (Fsp3) is 0.222. The molecule has 0 fully saturated rings. The minimum Gasteiger partial charge on any atom is -0.478 e. The third-order valence-corrected chi connectivity index (χ3v) is 1.95. The number of nitrogens with two attached hydrogens (primary N) is 1. The normalized spacial score (nSPS) is 9.83. The van der Waals surface area contributed by atoms with Crippen LogP contribution in [0.25, 0.3) is 0 Å². The van der Waals surface area contributed by atoms with E-state index in [1.165, 1.54) is 6.07 Å². The first-order valence-corrected chi connectivity index (χ1v) is 3.62. The van der Waals surface area contributed by atoms with E-state index in [4.69, 9.17) is 10.8 Å². The highest BCUT2D eigenvalue weighted by atomic mass is 16.4. The Bertz CT molecular complexity index is 308. The van der Waals surface area contributed by atoms with Crippen LogP contribution in [0.3, 0.4) is 0 Å². The van der Waals surface area contributed by atoms with Crippen molar-refractivity contribution in [3.8, 4) is 0 Å². The molecular formula is C9H11NO2. The van der Waals surface area contributed by atoms with Gasteiger partial charge in [0.05, 0.1) is 5.56 Å². The highest BCUT2D eigenvalue weighted by Gasteiger charge is 2.06. The molecule has 0 spiro atoms. The van der Waals surface area contributed by atoms with E-state index in [1.807, 2.05) is 13.8 Å². The van der Waals surface area contributed by atoms with Crippen LogP contribution >= 0.6 is 0 Å². The Morgan fingerprint density at radius 3 is 2.42 bits per heavy atom. The second-order valence-corrected chi connectivity index (χ2v) is 2.81. The maximum atomic E-state index is 10.6. The Balaban J connectivity index is 3.31. The summed E-state index contributed by atoms with van der Waals surface area (Å²) in [6.45, 7) is 3.72. The molecule has 0 bridgehead atoms. The Morgan fingerprint density at radius 2 is 2.00 bits per heavy atom. The quantitative estimate of drug-likeness (QED) is 0.621. The van der Waals surface area contributed by atoms with Crippen LogP contribution in [0.5, 0.6) is 0 Å². The third kappa shape index (κ3) is 1.39. The zero-order chi connectivity index (χ0) is 9.30. The number of aromatic carboxylic acids is 1. The molecule has 0 unspecified atom stereocenters. The molecule has 0 aliphatic carbocycles. The van der Waals surface area contributed by atoms with Crippen molar-refractivity contribution in [2.75, 3.05) is 5.73 Å². The molecule has 3 heteroatoms. The van der Waals surface area contributed by atoms with Gasteiger partial charge in [0.1, 0.15) is 0 Å². The van der Waals surface area contributed by atoms with E-state index in [0.29, 0.717) is 5.69 Å². The minimum absolute atomic E-state index is 0.246. The van der Waals surface area contributed by atoms with Crippen molar-refractivity contribution < 1.29 is 9.90 Å². The summed E-state index contributed by atoms with van der Waals surface area (Å²) in [6, 6.07) is 3.10. The molecule has 0 aliphatic heterocycles. The summed E-state index contributed by atoms with van der Waals surface area (Å²) in [5, 5.41) is 8.67. The van der Waals surface area contributed by atoms with E-state index in [2.05, 4.69) is 0 Å². The third-order valence-electron chi connectivity index (χ3n) is 1.95. The Labute approximate surface area is 70.8 Å². The molecule has 0 saturated carbocycles. The van der Waals surface area contributed by atoms with Crippen molar-refractivity contribution in [1.29, 1.82) is 0 Å². The predicted octanol–water partition coefficient (Wildman–Crippen LogP) is 1.58. The van der Waals surface area contributed by atoms with Crippen LogP contribution < -0.4 is 5.73 Å². The lowest BCUT2D eigenvalue weighted by Crippen LogP contribution is -2.01. The summed E-state index contributed by atoms with van der Waals surface area (Å²) in [6.07, 6.45) is 0. The van der Waals surface area contributed by atoms with Gasteiger partial charge in [0.15, 0.2) is 0 Å². The number of carbonyl (C=O) groups is 1. The zero-order valence-corrected chi connectivity index (χ0v) is 7.09. The number of nitrogen functional groups attached to an aromatic ring is 1. The Morgan fingerprint density at radius 1 is 1.42 bits per heavy atom. The van der Waals surface area contributed by atoms with Gasteiger partial charge in [-0.25, -0.2) is 4.79 Å². The van der Waals surface area contributed by atoms with E-state index < -0.39 is 5.97 Å². The summed E-state index contributed by atoms with van der Waals surface area (Å²) in [5.74, 6) is -0.940. The number of rotatable bonds is 1. The number of anilines is 1. The number of carboxylic acid groups (broad SMARTS) is 1. The van der Waals surface area contributed by atoms with E-state index in [0.717, 1.165) is 11.1 Å². The lowest BCUT2D eigenvalue weighted by atomic mass is 10.0. The highest BCUT2D eigenvalue weighted by molar-refractivity contribution is 5.89. The molecule has 3 nitrogen and oxygen atoms in total. The predicted molar refractivity (Wildman–Crippen MR) is 47.3 cm³/mol. The number of aryl methyl sites for hydroxylation is 1. The Kier molecular flexibility index (Phi) is 2.04. The van der Waals surface area contributed by atoms with Gasteiger partial charge in [0.25, 0.3) is 0 Å². The van der Waals surface area contributed by atoms with Crippen LogP contribution in [0.2, 0.25) is 0 Å². The van der Waals surface area contributed by atoms with Gasteiger partial charge in [0.2, 0.25) is 0 Å². The molecule has 1 aromatic carbocycles. The van der Waals surface area contributed by atoms with Crippen molar-refractivity contribution in [3.63, 3.8) is 0 Å². The number of benzene rings is 1. The van der Waals surface area contributed by atoms with Gasteiger partial charge in [0, 0.05) is 5.69 Å². The summed E-state index contributed by atoms with van der Waals surface area (Å²) in [5.41, 5.74) is 8.23. The largest absolute Gasteiger partial charge is 0.478 e. The average Bonchev–Trinajstić information content (AvgIpc) is 1.99. The molecule has 0 aromatic heterocycles. The minimum atomic E-state index is -0.940. The highest BCUT2D eigenvalue weighted by Crippen LogP contribution is 2.17. The molecule has 0 saturated heterocycles. The van der Waals surface area contributed by atoms with Crippen molar-refractivity contribution >= 4 is 11.7 Å². The van der Waals surface area contributed by atoms with Gasteiger partial charge in [-0.05, 0) is 37.1 Å². The van der Waals surface area contributed by atoms with Crippen LogP contribution in [0, 0.1) is 13.8 Å². The number of hydrogen-bond donors (Lipinski definition) is 2. The van der Waals surface area contributed by atoms with Gasteiger partial charge in [-0.3, -0.25) is 0 Å². The van der Waals surface area contributed by atoms with E-state index in [1.54, 1.807) is 6.07 Å². The lowest BCUT2D eigenvalue weighted by Gasteiger charge is -2.05. The first-order chi connectivity index (χ1) is 5.52. The van der Waals surface area contributed by atoms with Crippen molar-refractivity contribution in [1.82, 2.24) is 0 Å². The fourth-order valence-corrected chi connectivity index (χ4v) is 1.01. The van der Waals surface area contributed by atoms with Crippen molar-refractivity contribution in [3.05, 3.63) is 28.8 Å². The summed E-state index contributed by atoms with van der Waals surface area (Å²) in [7, 11) is 0. The van der Waals surface area contributed by atoms with Gasteiger partial charge < -0.3 is 10.8 Å². The summed E-state index contributed by atoms with van der Waals surface area (Å²) >= 11 is 0. The second-order valence-electron chi connectivity index (χ2n) is 2.81. The molecular weight excluding hydrogens is 154 g/mol. The van der Waals surface area contributed by atoms with E-state index in [-0.39, 0.29) is 5.56 Å². The Hall–Kier alpha value is -1.51. The average molecular weight is 165 g/mol. The molecule has 0 radical (unpaired) electrons. The van der Waals surface area contributed by atoms with Crippen molar-refractivity contribution in [2.24, 2.45) is 0 Å². The van der Waals surface area contributed by atoms with Crippen LogP contribution in [-0.4, -0.2) is 11.1 Å². The molecule has 0 aliphatic rings. The smallest absolute Gasteiger partial charge is 0.335 e. The van der Waals surface area contributed by atoms with Crippen LogP contribution in [-0.2, 0) is 0 Å². The van der Waals surface area contributed by atoms with E-state index >= 15 is 0 Å². The number of carboxylic acids is 1.